The van der Waals surface area contributed by atoms with E-state index in [1.165, 1.54) is 14.2 Å². The van der Waals surface area contributed by atoms with Crippen LogP contribution in [0.3, 0.4) is 0 Å². The zero-order valence-electron chi connectivity index (χ0n) is 8.49. The standard InChI is InChI=1S/C11H11FO3/c1-14-11(15-2)8-6-4-3-5-7(8)9(13)10(11)12/h3-6,10H,1-2H3. The third kappa shape index (κ3) is 1.15. The van der Waals surface area contributed by atoms with E-state index in [1.54, 1.807) is 24.3 Å². The smallest absolute Gasteiger partial charge is 0.235 e. The third-order valence-corrected chi connectivity index (χ3v) is 2.74. The van der Waals surface area contributed by atoms with Crippen molar-refractivity contribution < 1.29 is 18.7 Å². The van der Waals surface area contributed by atoms with Gasteiger partial charge in [0.2, 0.25) is 17.7 Å². The fraction of sp³-hybridized carbons (Fsp3) is 0.364. The van der Waals surface area contributed by atoms with Gasteiger partial charge in [-0.25, -0.2) is 4.39 Å². The quantitative estimate of drug-likeness (QED) is 0.696. The SMILES string of the molecule is COC1(OC)c2ccccc2C(=O)C1F. The van der Waals surface area contributed by atoms with Crippen LogP contribution in [0.15, 0.2) is 24.3 Å². The van der Waals surface area contributed by atoms with E-state index in [-0.39, 0.29) is 0 Å². The minimum absolute atomic E-state index is 0.328. The van der Waals surface area contributed by atoms with Crippen molar-refractivity contribution in [3.05, 3.63) is 35.4 Å². The molecule has 1 aliphatic rings. The number of hydrogen-bond acceptors (Lipinski definition) is 3. The number of alkyl halides is 1. The summed E-state index contributed by atoms with van der Waals surface area (Å²) < 4.78 is 23.9. The summed E-state index contributed by atoms with van der Waals surface area (Å²) in [6, 6.07) is 6.62. The van der Waals surface area contributed by atoms with Gasteiger partial charge in [0.25, 0.3) is 0 Å². The summed E-state index contributed by atoms with van der Waals surface area (Å²) >= 11 is 0. The zero-order valence-corrected chi connectivity index (χ0v) is 8.49. The van der Waals surface area contributed by atoms with E-state index in [9.17, 15) is 9.18 Å². The number of ether oxygens (including phenoxy) is 2. The first-order valence-electron chi connectivity index (χ1n) is 4.55. The average molecular weight is 210 g/mol. The number of carbonyl (C=O) groups excluding carboxylic acids is 1. The van der Waals surface area contributed by atoms with Crippen molar-refractivity contribution in [3.8, 4) is 0 Å². The molecule has 0 spiro atoms. The Hall–Kier alpha value is -1.26. The molecule has 0 N–H and O–H groups in total. The maximum Gasteiger partial charge on any atom is 0.235 e. The maximum atomic E-state index is 13.8. The molecule has 1 unspecified atom stereocenters. The Morgan fingerprint density at radius 2 is 1.87 bits per heavy atom. The fourth-order valence-electron chi connectivity index (χ4n) is 1.96. The lowest BCUT2D eigenvalue weighted by atomic mass is 10.1. The van der Waals surface area contributed by atoms with E-state index < -0.39 is 17.7 Å². The van der Waals surface area contributed by atoms with E-state index in [2.05, 4.69) is 0 Å². The zero-order chi connectivity index (χ0) is 11.1. The minimum Gasteiger partial charge on any atom is -0.347 e. The second-order valence-corrected chi connectivity index (χ2v) is 3.35. The minimum atomic E-state index is -1.80. The molecule has 1 aliphatic carbocycles. The summed E-state index contributed by atoms with van der Waals surface area (Å²) in [5.74, 6) is -2.16. The molecule has 0 heterocycles. The molecule has 4 heteroatoms. The lowest BCUT2D eigenvalue weighted by Gasteiger charge is -2.28. The van der Waals surface area contributed by atoms with Gasteiger partial charge in [0.1, 0.15) is 0 Å². The van der Waals surface area contributed by atoms with Gasteiger partial charge in [0.05, 0.1) is 0 Å². The number of Topliss-reactive ketones (excluding diaryl/α,β-unsaturated/α-hetero) is 1. The highest BCUT2D eigenvalue weighted by Crippen LogP contribution is 2.41. The molecule has 0 saturated heterocycles. The molecule has 15 heavy (non-hydrogen) atoms. The second kappa shape index (κ2) is 3.40. The van der Waals surface area contributed by atoms with Crippen molar-refractivity contribution in [2.75, 3.05) is 14.2 Å². The molecule has 1 atom stereocenters. The summed E-state index contributed by atoms with van der Waals surface area (Å²) in [5.41, 5.74) is 0.779. The van der Waals surface area contributed by atoms with Crippen LogP contribution in [-0.2, 0) is 15.3 Å². The van der Waals surface area contributed by atoms with Gasteiger partial charge in [0, 0.05) is 25.3 Å². The molecule has 0 radical (unpaired) electrons. The van der Waals surface area contributed by atoms with E-state index >= 15 is 0 Å². The Kier molecular flexibility index (Phi) is 2.32. The van der Waals surface area contributed by atoms with Crippen LogP contribution >= 0.6 is 0 Å². The Balaban J connectivity index is 2.65. The van der Waals surface area contributed by atoms with Crippen LogP contribution in [0, 0.1) is 0 Å². The number of benzene rings is 1. The highest BCUT2D eigenvalue weighted by molar-refractivity contribution is 6.05. The number of carbonyl (C=O) groups is 1. The molecule has 0 saturated carbocycles. The van der Waals surface area contributed by atoms with Gasteiger partial charge in [-0.3, -0.25) is 4.79 Å². The molecule has 0 fully saturated rings. The first-order valence-corrected chi connectivity index (χ1v) is 4.55. The van der Waals surface area contributed by atoms with Gasteiger partial charge in [-0.2, -0.15) is 0 Å². The molecule has 2 rings (SSSR count). The van der Waals surface area contributed by atoms with Gasteiger partial charge >= 0.3 is 0 Å². The lowest BCUT2D eigenvalue weighted by Crippen LogP contribution is -2.39. The van der Waals surface area contributed by atoms with Crippen molar-refractivity contribution in [2.24, 2.45) is 0 Å². The van der Waals surface area contributed by atoms with Gasteiger partial charge < -0.3 is 9.47 Å². The topological polar surface area (TPSA) is 35.5 Å². The van der Waals surface area contributed by atoms with Crippen molar-refractivity contribution in [1.29, 1.82) is 0 Å². The summed E-state index contributed by atoms with van der Waals surface area (Å²) in [5, 5.41) is 0. The number of halogens is 1. The van der Waals surface area contributed by atoms with Gasteiger partial charge in [-0.15, -0.1) is 0 Å². The summed E-state index contributed by atoms with van der Waals surface area (Å²) in [6.07, 6.45) is -1.80. The van der Waals surface area contributed by atoms with Crippen LogP contribution in [0.2, 0.25) is 0 Å². The van der Waals surface area contributed by atoms with Crippen LogP contribution in [-0.4, -0.2) is 26.2 Å². The van der Waals surface area contributed by atoms with Crippen molar-refractivity contribution in [2.45, 2.75) is 12.0 Å². The van der Waals surface area contributed by atoms with Crippen LogP contribution in [0.25, 0.3) is 0 Å². The highest BCUT2D eigenvalue weighted by atomic mass is 19.1. The van der Waals surface area contributed by atoms with E-state index in [4.69, 9.17) is 9.47 Å². The molecule has 80 valence electrons. The Morgan fingerprint density at radius 3 is 2.47 bits per heavy atom. The number of hydrogen-bond donors (Lipinski definition) is 0. The molecule has 1 aromatic rings. The highest BCUT2D eigenvalue weighted by Gasteiger charge is 2.54. The molecule has 3 nitrogen and oxygen atoms in total. The third-order valence-electron chi connectivity index (χ3n) is 2.74. The number of ketones is 1. The maximum absolute atomic E-state index is 13.8. The Bertz CT molecular complexity index is 399. The number of methoxy groups -OCH3 is 2. The second-order valence-electron chi connectivity index (χ2n) is 3.35. The number of fused-ring (bicyclic) bond motifs is 1. The molecule has 0 amide bonds. The normalized spacial score (nSPS) is 22.9. The van der Waals surface area contributed by atoms with Crippen molar-refractivity contribution >= 4 is 5.78 Å². The first kappa shape index (κ1) is 10.3. The van der Waals surface area contributed by atoms with E-state index in [0.29, 0.717) is 11.1 Å². The summed E-state index contributed by atoms with van der Waals surface area (Å²) in [4.78, 5) is 11.6. The average Bonchev–Trinajstić information content (AvgIpc) is 2.51. The molecule has 0 aliphatic heterocycles. The molecule has 1 aromatic carbocycles. The molecule has 0 bridgehead atoms. The van der Waals surface area contributed by atoms with Crippen molar-refractivity contribution in [1.82, 2.24) is 0 Å². The Labute approximate surface area is 86.8 Å². The summed E-state index contributed by atoms with van der Waals surface area (Å²) in [7, 11) is 2.65. The molecule has 0 aromatic heterocycles. The van der Waals surface area contributed by atoms with E-state index in [1.807, 2.05) is 0 Å². The van der Waals surface area contributed by atoms with Gasteiger partial charge in [0.15, 0.2) is 0 Å². The first-order chi connectivity index (χ1) is 7.17. The predicted molar refractivity (Wildman–Crippen MR) is 51.4 cm³/mol. The van der Waals surface area contributed by atoms with Gasteiger partial charge in [-0.1, -0.05) is 24.3 Å². The molecular formula is C11H11FO3. The van der Waals surface area contributed by atoms with E-state index in [0.717, 1.165) is 0 Å². The van der Waals surface area contributed by atoms with Crippen LogP contribution in [0.4, 0.5) is 4.39 Å². The Morgan fingerprint density at radius 1 is 1.27 bits per heavy atom. The molecular weight excluding hydrogens is 199 g/mol. The summed E-state index contributed by atoms with van der Waals surface area (Å²) in [6.45, 7) is 0. The number of rotatable bonds is 2. The predicted octanol–water partition coefficient (Wildman–Crippen LogP) is 1.67. The van der Waals surface area contributed by atoms with Gasteiger partial charge in [-0.05, 0) is 0 Å². The lowest BCUT2D eigenvalue weighted by molar-refractivity contribution is -0.236. The van der Waals surface area contributed by atoms with Crippen LogP contribution < -0.4 is 0 Å². The van der Waals surface area contributed by atoms with Crippen LogP contribution in [0.5, 0.6) is 0 Å². The monoisotopic (exact) mass is 210 g/mol. The van der Waals surface area contributed by atoms with Crippen LogP contribution in [0.1, 0.15) is 15.9 Å². The largest absolute Gasteiger partial charge is 0.347 e. The van der Waals surface area contributed by atoms with Crippen molar-refractivity contribution in [3.63, 3.8) is 0 Å². The fourth-order valence-corrected chi connectivity index (χ4v) is 1.96.